The van der Waals surface area contributed by atoms with Gasteiger partial charge in [0.15, 0.2) is 5.78 Å². The molecule has 1 N–H and O–H groups in total. The molecule has 23 heavy (non-hydrogen) atoms. The number of nitrogens with one attached hydrogen (secondary N) is 1. The Labute approximate surface area is 135 Å². The van der Waals surface area contributed by atoms with Crippen molar-refractivity contribution in [1.82, 2.24) is 5.32 Å². The molecular formula is C19H19NO3. The lowest BCUT2D eigenvalue weighted by Gasteiger charge is -2.34. The van der Waals surface area contributed by atoms with Gasteiger partial charge in [-0.25, -0.2) is 0 Å². The van der Waals surface area contributed by atoms with E-state index in [1.54, 1.807) is 6.07 Å². The highest BCUT2D eigenvalue weighted by Crippen LogP contribution is 2.38. The minimum atomic E-state index is -0.351. The number of carbonyl (C=O) groups excluding carboxylic acids is 1. The fourth-order valence-corrected chi connectivity index (χ4v) is 3.26. The lowest BCUT2D eigenvalue weighted by Crippen LogP contribution is -2.43. The number of carbonyl (C=O) groups is 1. The maximum atomic E-state index is 12.5. The number of hydrogen-bond donors (Lipinski definition) is 1. The quantitative estimate of drug-likeness (QED) is 0.947. The molecule has 2 aliphatic rings. The van der Waals surface area contributed by atoms with Crippen molar-refractivity contribution in [2.24, 2.45) is 0 Å². The van der Waals surface area contributed by atoms with Crippen LogP contribution in [0, 0.1) is 0 Å². The summed E-state index contributed by atoms with van der Waals surface area (Å²) in [6.45, 7) is 2.13. The number of benzene rings is 2. The largest absolute Gasteiger partial charge is 0.489 e. The summed E-state index contributed by atoms with van der Waals surface area (Å²) in [7, 11) is 0. The van der Waals surface area contributed by atoms with E-state index < -0.39 is 0 Å². The number of hydrogen-bond acceptors (Lipinski definition) is 4. The Balaban J connectivity index is 1.52. The van der Waals surface area contributed by atoms with Gasteiger partial charge in [-0.2, -0.15) is 0 Å². The van der Waals surface area contributed by atoms with Gasteiger partial charge >= 0.3 is 0 Å². The van der Waals surface area contributed by atoms with Crippen molar-refractivity contribution >= 4 is 5.78 Å². The Morgan fingerprint density at radius 2 is 2.04 bits per heavy atom. The number of ketones is 1. The van der Waals surface area contributed by atoms with Crippen LogP contribution >= 0.6 is 0 Å². The zero-order valence-electron chi connectivity index (χ0n) is 12.9. The molecule has 2 aromatic carbocycles. The number of ether oxygens (including phenoxy) is 2. The highest BCUT2D eigenvalue weighted by atomic mass is 16.5. The topological polar surface area (TPSA) is 47.6 Å². The predicted molar refractivity (Wildman–Crippen MR) is 87.0 cm³/mol. The monoisotopic (exact) mass is 309 g/mol. The van der Waals surface area contributed by atoms with E-state index in [9.17, 15) is 4.79 Å². The molecule has 118 valence electrons. The van der Waals surface area contributed by atoms with Crippen LogP contribution in [0.15, 0.2) is 48.5 Å². The molecule has 0 radical (unpaired) electrons. The molecule has 1 unspecified atom stereocenters. The summed E-state index contributed by atoms with van der Waals surface area (Å²) in [5, 5.41) is 3.28. The van der Waals surface area contributed by atoms with E-state index in [1.165, 1.54) is 0 Å². The zero-order valence-corrected chi connectivity index (χ0v) is 12.9. The average Bonchev–Trinajstić information content (AvgIpc) is 3.02. The van der Waals surface area contributed by atoms with Crippen molar-refractivity contribution in [2.45, 2.75) is 25.0 Å². The highest BCUT2D eigenvalue weighted by Gasteiger charge is 2.42. The van der Waals surface area contributed by atoms with Gasteiger partial charge in [0.2, 0.25) is 0 Å². The Morgan fingerprint density at radius 1 is 1.17 bits per heavy atom. The summed E-state index contributed by atoms with van der Waals surface area (Å²) in [5.41, 5.74) is 1.38. The van der Waals surface area contributed by atoms with Crippen molar-refractivity contribution < 1.29 is 14.3 Å². The number of Topliss-reactive ketones (excluding diaryl/α,β-unsaturated/α-hetero) is 1. The van der Waals surface area contributed by atoms with Gasteiger partial charge in [0, 0.05) is 13.0 Å². The van der Waals surface area contributed by atoms with Crippen LogP contribution in [0.2, 0.25) is 0 Å². The molecule has 4 rings (SSSR count). The van der Waals surface area contributed by atoms with Crippen molar-refractivity contribution in [3.05, 3.63) is 59.7 Å². The highest BCUT2D eigenvalue weighted by molar-refractivity contribution is 6.00. The molecule has 0 aromatic heterocycles. The fraction of sp³-hybridized carbons (Fsp3) is 0.316. The molecule has 4 nitrogen and oxygen atoms in total. The Kier molecular flexibility index (Phi) is 3.54. The summed E-state index contributed by atoms with van der Waals surface area (Å²) in [5.74, 6) is 1.52. The van der Waals surface area contributed by atoms with Gasteiger partial charge < -0.3 is 14.8 Å². The Morgan fingerprint density at radius 3 is 2.83 bits per heavy atom. The second-order valence-corrected chi connectivity index (χ2v) is 6.24. The molecule has 2 aromatic rings. The summed E-state index contributed by atoms with van der Waals surface area (Å²) in [4.78, 5) is 12.5. The Hall–Kier alpha value is -2.33. The first-order chi connectivity index (χ1) is 11.2. The van der Waals surface area contributed by atoms with E-state index in [2.05, 4.69) is 5.32 Å². The minimum absolute atomic E-state index is 0.139. The first-order valence-electron chi connectivity index (χ1n) is 7.98. The predicted octanol–water partition coefficient (Wildman–Crippen LogP) is 2.96. The van der Waals surface area contributed by atoms with Crippen LogP contribution in [0.5, 0.6) is 11.5 Å². The van der Waals surface area contributed by atoms with Crippen LogP contribution in [-0.4, -0.2) is 24.5 Å². The van der Waals surface area contributed by atoms with Gasteiger partial charge in [-0.1, -0.05) is 30.3 Å². The molecule has 1 atom stereocenters. The molecule has 1 saturated heterocycles. The molecule has 0 aliphatic carbocycles. The lowest BCUT2D eigenvalue weighted by atomic mass is 9.89. The van der Waals surface area contributed by atoms with Gasteiger partial charge in [0.05, 0.1) is 12.0 Å². The molecule has 4 heteroatoms. The second kappa shape index (κ2) is 5.70. The lowest BCUT2D eigenvalue weighted by molar-refractivity contribution is 0.0527. The van der Waals surface area contributed by atoms with Gasteiger partial charge in [-0.15, -0.1) is 0 Å². The van der Waals surface area contributed by atoms with Gasteiger partial charge in [-0.3, -0.25) is 4.79 Å². The molecule has 0 bridgehead atoms. The molecule has 2 aliphatic heterocycles. The maximum Gasteiger partial charge on any atom is 0.170 e. The molecular weight excluding hydrogens is 290 g/mol. The van der Waals surface area contributed by atoms with Crippen LogP contribution < -0.4 is 14.8 Å². The molecule has 1 fully saturated rings. The van der Waals surface area contributed by atoms with E-state index in [0.29, 0.717) is 30.1 Å². The van der Waals surface area contributed by atoms with Crippen LogP contribution in [0.4, 0.5) is 0 Å². The molecule has 2 heterocycles. The van der Waals surface area contributed by atoms with Gasteiger partial charge in [-0.05, 0) is 30.3 Å². The minimum Gasteiger partial charge on any atom is -0.489 e. The fourth-order valence-electron chi connectivity index (χ4n) is 3.26. The summed E-state index contributed by atoms with van der Waals surface area (Å²) < 4.78 is 11.9. The maximum absolute atomic E-state index is 12.5. The van der Waals surface area contributed by atoms with Crippen LogP contribution in [0.1, 0.15) is 28.8 Å². The summed E-state index contributed by atoms with van der Waals surface area (Å²) in [6, 6.07) is 15.5. The van der Waals surface area contributed by atoms with Crippen LogP contribution in [0.3, 0.4) is 0 Å². The zero-order chi connectivity index (χ0) is 15.7. The van der Waals surface area contributed by atoms with Gasteiger partial charge in [0.25, 0.3) is 0 Å². The smallest absolute Gasteiger partial charge is 0.170 e. The van der Waals surface area contributed by atoms with Crippen molar-refractivity contribution in [2.75, 3.05) is 13.1 Å². The van der Waals surface area contributed by atoms with Crippen molar-refractivity contribution in [3.63, 3.8) is 0 Å². The van der Waals surface area contributed by atoms with E-state index >= 15 is 0 Å². The third-order valence-corrected chi connectivity index (χ3v) is 4.51. The molecule has 0 saturated carbocycles. The normalized spacial score (nSPS) is 22.7. The van der Waals surface area contributed by atoms with Crippen molar-refractivity contribution in [3.8, 4) is 11.5 Å². The number of fused-ring (bicyclic) bond motifs is 1. The third-order valence-electron chi connectivity index (χ3n) is 4.51. The third kappa shape index (κ3) is 2.82. The van der Waals surface area contributed by atoms with E-state index in [4.69, 9.17) is 9.47 Å². The first-order valence-corrected chi connectivity index (χ1v) is 7.98. The first kappa shape index (κ1) is 14.3. The van der Waals surface area contributed by atoms with E-state index in [1.807, 2.05) is 42.5 Å². The van der Waals surface area contributed by atoms with Crippen molar-refractivity contribution in [1.29, 1.82) is 0 Å². The van der Waals surface area contributed by atoms with Crippen LogP contribution in [0.25, 0.3) is 0 Å². The molecule has 1 spiro atoms. The summed E-state index contributed by atoms with van der Waals surface area (Å²) >= 11 is 0. The second-order valence-electron chi connectivity index (χ2n) is 6.24. The summed E-state index contributed by atoms with van der Waals surface area (Å²) in [6.07, 6.45) is 1.32. The Bertz CT molecular complexity index is 721. The van der Waals surface area contributed by atoms with Gasteiger partial charge in [0.1, 0.15) is 23.7 Å². The standard InChI is InChI=1S/C19H19NO3/c21-17-11-19(8-9-20-13-19)23-18-7-6-15(10-16(17)18)22-12-14-4-2-1-3-5-14/h1-7,10,20H,8-9,11-13H2. The molecule has 0 amide bonds. The van der Waals surface area contributed by atoms with E-state index in [-0.39, 0.29) is 11.4 Å². The van der Waals surface area contributed by atoms with Crippen LogP contribution in [-0.2, 0) is 6.61 Å². The van der Waals surface area contributed by atoms with E-state index in [0.717, 1.165) is 25.1 Å². The number of rotatable bonds is 3. The SMILES string of the molecule is O=C1CC2(CCNC2)Oc2ccc(OCc3ccccc3)cc21. The average molecular weight is 309 g/mol.